The van der Waals surface area contributed by atoms with Crippen molar-refractivity contribution in [2.75, 3.05) is 23.3 Å². The minimum absolute atomic E-state index is 0.356. The fourth-order valence-electron chi connectivity index (χ4n) is 5.36. The number of rotatable bonds is 5. The van der Waals surface area contributed by atoms with Gasteiger partial charge >= 0.3 is 5.97 Å². The molecule has 1 atom stereocenters. The number of anilines is 3. The molecule has 186 valence electrons. The lowest BCUT2D eigenvalue weighted by atomic mass is 9.77. The molecule has 1 N–H and O–H groups in total. The summed E-state index contributed by atoms with van der Waals surface area (Å²) in [5.74, 6) is 0.857. The van der Waals surface area contributed by atoms with Crippen LogP contribution in [0.5, 0.6) is 11.5 Å². The number of carbonyl (C=O) groups is 1. The molecule has 0 aromatic heterocycles. The second-order valence-corrected chi connectivity index (χ2v) is 9.80. The summed E-state index contributed by atoms with van der Waals surface area (Å²) in [7, 11) is 0. The van der Waals surface area contributed by atoms with Crippen molar-refractivity contribution in [3.05, 3.63) is 112 Å². The van der Waals surface area contributed by atoms with E-state index in [-0.39, 0.29) is 5.97 Å². The predicted molar refractivity (Wildman–Crippen MR) is 148 cm³/mol. The summed E-state index contributed by atoms with van der Waals surface area (Å²) >= 11 is 6.76. The van der Waals surface area contributed by atoms with Crippen molar-refractivity contribution in [2.24, 2.45) is 0 Å². The van der Waals surface area contributed by atoms with E-state index in [1.54, 1.807) is 6.07 Å². The van der Waals surface area contributed by atoms with Gasteiger partial charge < -0.3 is 19.7 Å². The summed E-state index contributed by atoms with van der Waals surface area (Å²) in [6, 6.07) is 25.5. The summed E-state index contributed by atoms with van der Waals surface area (Å²) in [6.45, 7) is 8.03. The van der Waals surface area contributed by atoms with Gasteiger partial charge in [-0.15, -0.1) is 0 Å². The first-order valence-electron chi connectivity index (χ1n) is 12.5. The molecule has 6 heteroatoms. The smallest absolute Gasteiger partial charge is 0.340 e. The Kier molecular flexibility index (Phi) is 5.61. The molecule has 5 nitrogen and oxygen atoms in total. The van der Waals surface area contributed by atoms with E-state index in [0.29, 0.717) is 27.8 Å². The van der Waals surface area contributed by atoms with Gasteiger partial charge in [0.15, 0.2) is 5.60 Å². The molecule has 0 aliphatic carbocycles. The second kappa shape index (κ2) is 8.86. The van der Waals surface area contributed by atoms with Crippen molar-refractivity contribution < 1.29 is 14.3 Å². The molecule has 0 saturated carbocycles. The average Bonchev–Trinajstić information content (AvgIpc) is 3.20. The fraction of sp³-hybridized carbons (Fsp3) is 0.194. The lowest BCUT2D eigenvalue weighted by Gasteiger charge is -2.37. The van der Waals surface area contributed by atoms with Crippen molar-refractivity contribution in [1.82, 2.24) is 0 Å². The van der Waals surface area contributed by atoms with E-state index >= 15 is 0 Å². The molecule has 1 spiro atoms. The van der Waals surface area contributed by atoms with Crippen LogP contribution in [0.2, 0.25) is 5.02 Å². The molecular formula is C31H27ClN2O3. The van der Waals surface area contributed by atoms with Crippen molar-refractivity contribution in [2.45, 2.75) is 26.4 Å². The van der Waals surface area contributed by atoms with Crippen molar-refractivity contribution in [3.8, 4) is 11.5 Å². The number of hydrogen-bond acceptors (Lipinski definition) is 5. The van der Waals surface area contributed by atoms with Gasteiger partial charge in [0.05, 0.1) is 16.3 Å². The van der Waals surface area contributed by atoms with E-state index in [9.17, 15) is 4.79 Å². The minimum Gasteiger partial charge on any atom is -0.456 e. The molecule has 0 fully saturated rings. The third-order valence-corrected chi connectivity index (χ3v) is 7.56. The highest BCUT2D eigenvalue weighted by atomic mass is 35.5. The number of benzene rings is 4. The molecule has 0 saturated heterocycles. The number of fused-ring (bicyclic) bond motifs is 6. The Hall–Kier alpha value is -3.96. The average molecular weight is 511 g/mol. The third-order valence-electron chi connectivity index (χ3n) is 7.24. The van der Waals surface area contributed by atoms with E-state index in [1.807, 2.05) is 73.7 Å². The summed E-state index contributed by atoms with van der Waals surface area (Å²) < 4.78 is 12.8. The van der Waals surface area contributed by atoms with Gasteiger partial charge in [-0.25, -0.2) is 4.79 Å². The maximum Gasteiger partial charge on any atom is 0.340 e. The molecule has 4 aromatic rings. The van der Waals surface area contributed by atoms with Crippen LogP contribution in [-0.4, -0.2) is 19.1 Å². The molecule has 37 heavy (non-hydrogen) atoms. The number of halogens is 1. The highest BCUT2D eigenvalue weighted by molar-refractivity contribution is 6.33. The quantitative estimate of drug-likeness (QED) is 0.277. The number of ether oxygens (including phenoxy) is 2. The van der Waals surface area contributed by atoms with Gasteiger partial charge in [-0.2, -0.15) is 0 Å². The van der Waals surface area contributed by atoms with Crippen LogP contribution in [0, 0.1) is 6.92 Å². The molecule has 6 rings (SSSR count). The van der Waals surface area contributed by atoms with Crippen molar-refractivity contribution in [3.63, 3.8) is 0 Å². The molecule has 2 heterocycles. The summed E-state index contributed by atoms with van der Waals surface area (Å²) in [5, 5.41) is 3.93. The van der Waals surface area contributed by atoms with Crippen LogP contribution < -0.4 is 15.0 Å². The maximum absolute atomic E-state index is 13.2. The number of hydrogen-bond donors (Lipinski definition) is 1. The Labute approximate surface area is 221 Å². The summed E-state index contributed by atoms with van der Waals surface area (Å²) in [6.07, 6.45) is 0. The van der Waals surface area contributed by atoms with E-state index in [2.05, 4.69) is 30.1 Å². The molecular weight excluding hydrogens is 484 g/mol. The lowest BCUT2D eigenvalue weighted by Crippen LogP contribution is -2.33. The van der Waals surface area contributed by atoms with Gasteiger partial charge in [-0.05, 0) is 57.2 Å². The highest BCUT2D eigenvalue weighted by Crippen LogP contribution is 2.57. The van der Waals surface area contributed by atoms with Crippen LogP contribution in [0.1, 0.15) is 46.5 Å². The van der Waals surface area contributed by atoms with Crippen LogP contribution in [0.3, 0.4) is 0 Å². The van der Waals surface area contributed by atoms with E-state index in [4.69, 9.17) is 21.1 Å². The Morgan fingerprint density at radius 1 is 0.865 bits per heavy atom. The van der Waals surface area contributed by atoms with Gasteiger partial charge in [-0.1, -0.05) is 47.5 Å². The van der Waals surface area contributed by atoms with E-state index in [0.717, 1.165) is 41.2 Å². The molecule has 0 bridgehead atoms. The SMILES string of the molecule is CCN(CC)c1ccc2c(c1)Oc1cc(Cl)c(Nc3ccc(C)cc3)cc1C21OC(=O)c2ccccc21. The van der Waals surface area contributed by atoms with Crippen molar-refractivity contribution in [1.29, 1.82) is 0 Å². The standard InChI is InChI=1S/C31H27ClN2O3/c1-4-34(5-2)21-14-15-24-28(16-21)36-29-18-26(32)27(33-20-12-10-19(3)11-13-20)17-25(29)31(24)23-9-7-6-8-22(23)30(35)37-31/h6-18,33H,4-5H2,1-3H3. The molecule has 2 aliphatic rings. The molecule has 4 aromatic carbocycles. The van der Waals surface area contributed by atoms with E-state index < -0.39 is 5.60 Å². The maximum atomic E-state index is 13.2. The Morgan fingerprint density at radius 2 is 1.59 bits per heavy atom. The zero-order valence-electron chi connectivity index (χ0n) is 21.0. The zero-order chi connectivity index (χ0) is 25.7. The van der Waals surface area contributed by atoms with Gasteiger partial charge in [-0.3, -0.25) is 0 Å². The summed E-state index contributed by atoms with van der Waals surface area (Å²) in [4.78, 5) is 15.4. The largest absolute Gasteiger partial charge is 0.456 e. The first-order valence-corrected chi connectivity index (χ1v) is 12.9. The normalized spacial score (nSPS) is 16.9. The third kappa shape index (κ3) is 3.65. The second-order valence-electron chi connectivity index (χ2n) is 9.39. The molecule has 0 amide bonds. The predicted octanol–water partition coefficient (Wildman–Crippen LogP) is 7.81. The fourth-order valence-corrected chi connectivity index (χ4v) is 5.56. The lowest BCUT2D eigenvalue weighted by molar-refractivity contribution is 0.0224. The highest BCUT2D eigenvalue weighted by Gasteiger charge is 2.53. The van der Waals surface area contributed by atoms with Gasteiger partial charge in [0, 0.05) is 53.3 Å². The number of aryl methyl sites for hydroxylation is 1. The molecule has 0 radical (unpaired) electrons. The zero-order valence-corrected chi connectivity index (χ0v) is 21.7. The molecule has 1 unspecified atom stereocenters. The van der Waals surface area contributed by atoms with E-state index in [1.165, 1.54) is 5.56 Å². The van der Waals surface area contributed by atoms with Crippen LogP contribution in [-0.2, 0) is 10.3 Å². The Balaban J connectivity index is 1.57. The summed E-state index contributed by atoms with van der Waals surface area (Å²) in [5.41, 5.74) is 5.55. The van der Waals surface area contributed by atoms with Crippen LogP contribution >= 0.6 is 11.6 Å². The number of carbonyl (C=O) groups excluding carboxylic acids is 1. The van der Waals surface area contributed by atoms with Crippen LogP contribution in [0.25, 0.3) is 0 Å². The first kappa shape index (κ1) is 23.4. The monoisotopic (exact) mass is 510 g/mol. The number of nitrogens with zero attached hydrogens (tertiary/aromatic N) is 1. The van der Waals surface area contributed by atoms with Gasteiger partial charge in [0.2, 0.25) is 0 Å². The first-order chi connectivity index (χ1) is 17.9. The topological polar surface area (TPSA) is 50.8 Å². The van der Waals surface area contributed by atoms with Gasteiger partial charge in [0.1, 0.15) is 11.5 Å². The minimum atomic E-state index is -1.15. The van der Waals surface area contributed by atoms with Crippen molar-refractivity contribution >= 4 is 34.6 Å². The van der Waals surface area contributed by atoms with Crippen LogP contribution in [0.15, 0.2) is 78.9 Å². The van der Waals surface area contributed by atoms with Crippen LogP contribution in [0.4, 0.5) is 17.1 Å². The van der Waals surface area contributed by atoms with Gasteiger partial charge in [0.25, 0.3) is 0 Å². The number of nitrogens with one attached hydrogen (secondary N) is 1. The Bertz CT molecular complexity index is 1530. The Morgan fingerprint density at radius 3 is 2.35 bits per heavy atom. The number of esters is 1. The molecule has 2 aliphatic heterocycles.